The second kappa shape index (κ2) is 5.66. The Labute approximate surface area is 121 Å². The van der Waals surface area contributed by atoms with E-state index in [1.165, 1.54) is 4.90 Å². The molecule has 2 aromatic rings. The lowest BCUT2D eigenvalue weighted by atomic mass is 10.1. The van der Waals surface area contributed by atoms with Crippen LogP contribution in [0.3, 0.4) is 0 Å². The van der Waals surface area contributed by atoms with Crippen LogP contribution in [0.5, 0.6) is 0 Å². The molecule has 110 valence electrons. The second-order valence-electron chi connectivity index (χ2n) is 4.51. The first-order valence-electron chi connectivity index (χ1n) is 6.24. The normalized spacial score (nSPS) is 11.5. The fourth-order valence-electron chi connectivity index (χ4n) is 2.03. The van der Waals surface area contributed by atoms with Crippen molar-refractivity contribution in [1.82, 2.24) is 4.98 Å². The lowest BCUT2D eigenvalue weighted by Gasteiger charge is -2.19. The minimum absolute atomic E-state index is 0.0734. The van der Waals surface area contributed by atoms with Gasteiger partial charge in [0.1, 0.15) is 0 Å². The van der Waals surface area contributed by atoms with Gasteiger partial charge in [-0.3, -0.25) is 4.79 Å². The van der Waals surface area contributed by atoms with Crippen molar-refractivity contribution in [2.45, 2.75) is 13.8 Å². The predicted molar refractivity (Wildman–Crippen MR) is 77.7 cm³/mol. The zero-order valence-corrected chi connectivity index (χ0v) is 12.0. The third-order valence-corrected chi connectivity index (χ3v) is 3.05. The number of amidine groups is 1. The van der Waals surface area contributed by atoms with E-state index in [4.69, 9.17) is 15.4 Å². The molecule has 1 amide bonds. The number of benzene rings is 1. The van der Waals surface area contributed by atoms with Gasteiger partial charge in [0, 0.05) is 19.5 Å². The molecule has 0 aliphatic rings. The summed E-state index contributed by atoms with van der Waals surface area (Å²) in [6.45, 7) is 3.38. The molecule has 0 unspecified atom stereocenters. The summed E-state index contributed by atoms with van der Waals surface area (Å²) in [5, 5.41) is 11.8. The molecule has 0 spiro atoms. The molecule has 0 radical (unpaired) electrons. The van der Waals surface area contributed by atoms with Gasteiger partial charge in [-0.05, 0) is 19.1 Å². The van der Waals surface area contributed by atoms with Crippen LogP contribution in [-0.2, 0) is 0 Å². The van der Waals surface area contributed by atoms with E-state index in [9.17, 15) is 4.79 Å². The Morgan fingerprint density at radius 3 is 2.62 bits per heavy atom. The molecule has 0 atom stereocenters. The van der Waals surface area contributed by atoms with E-state index < -0.39 is 0 Å². The summed E-state index contributed by atoms with van der Waals surface area (Å²) in [4.78, 5) is 17.9. The number of oxime groups is 1. The van der Waals surface area contributed by atoms with Crippen LogP contribution in [0.2, 0.25) is 0 Å². The summed E-state index contributed by atoms with van der Waals surface area (Å²) in [5.74, 6) is 0.167. The molecule has 0 fully saturated rings. The monoisotopic (exact) mass is 288 g/mol. The van der Waals surface area contributed by atoms with E-state index in [-0.39, 0.29) is 17.5 Å². The first kappa shape index (κ1) is 14.6. The first-order chi connectivity index (χ1) is 9.95. The number of nitrogens with zero attached hydrogens (tertiary/aromatic N) is 3. The Balaban J connectivity index is 2.43. The third kappa shape index (κ3) is 2.71. The first-order valence-corrected chi connectivity index (χ1v) is 6.24. The van der Waals surface area contributed by atoms with Crippen molar-refractivity contribution in [2.75, 3.05) is 11.9 Å². The molecule has 0 saturated carbocycles. The molecule has 2 rings (SSSR count). The lowest BCUT2D eigenvalue weighted by molar-refractivity contribution is 0.0964. The molecule has 3 N–H and O–H groups in total. The fourth-order valence-corrected chi connectivity index (χ4v) is 2.03. The quantitative estimate of drug-likeness (QED) is 0.387. The van der Waals surface area contributed by atoms with Crippen molar-refractivity contribution in [3.8, 4) is 0 Å². The van der Waals surface area contributed by atoms with Gasteiger partial charge in [0.05, 0.1) is 11.4 Å². The molecular formula is C14H16N4O3. The van der Waals surface area contributed by atoms with Gasteiger partial charge >= 0.3 is 0 Å². The molecular weight excluding hydrogens is 272 g/mol. The molecule has 0 aliphatic heterocycles. The Kier molecular flexibility index (Phi) is 3.93. The zero-order valence-electron chi connectivity index (χ0n) is 12.0. The SMILES string of the molecule is Cc1nc(C)c(C(=O)N(C)c2ccccc2/C(N)=N/O)o1. The number of carbonyl (C=O) groups is 1. The van der Waals surface area contributed by atoms with Gasteiger partial charge in [-0.25, -0.2) is 4.98 Å². The Bertz CT molecular complexity index is 706. The maximum Gasteiger partial charge on any atom is 0.295 e. The van der Waals surface area contributed by atoms with Gasteiger partial charge in [0.25, 0.3) is 5.91 Å². The van der Waals surface area contributed by atoms with E-state index in [0.717, 1.165) is 0 Å². The van der Waals surface area contributed by atoms with Crippen molar-refractivity contribution in [3.05, 3.63) is 47.2 Å². The molecule has 0 aliphatic carbocycles. The summed E-state index contributed by atoms with van der Waals surface area (Å²) < 4.78 is 5.33. The molecule has 1 aromatic carbocycles. The number of hydrogen-bond donors (Lipinski definition) is 2. The second-order valence-corrected chi connectivity index (χ2v) is 4.51. The maximum absolute atomic E-state index is 12.5. The van der Waals surface area contributed by atoms with E-state index in [1.807, 2.05) is 0 Å². The average Bonchev–Trinajstić information content (AvgIpc) is 2.83. The number of anilines is 1. The number of oxazole rings is 1. The number of aryl methyl sites for hydroxylation is 2. The smallest absolute Gasteiger partial charge is 0.295 e. The van der Waals surface area contributed by atoms with Crippen LogP contribution < -0.4 is 10.6 Å². The summed E-state index contributed by atoms with van der Waals surface area (Å²) in [5.41, 5.74) is 7.11. The van der Waals surface area contributed by atoms with Crippen molar-refractivity contribution in [2.24, 2.45) is 10.9 Å². The van der Waals surface area contributed by atoms with Crippen molar-refractivity contribution < 1.29 is 14.4 Å². The highest BCUT2D eigenvalue weighted by Crippen LogP contribution is 2.22. The zero-order chi connectivity index (χ0) is 15.6. The Morgan fingerprint density at radius 1 is 1.38 bits per heavy atom. The van der Waals surface area contributed by atoms with Crippen LogP contribution in [0, 0.1) is 13.8 Å². The highest BCUT2D eigenvalue weighted by molar-refractivity contribution is 6.10. The summed E-state index contributed by atoms with van der Waals surface area (Å²) in [6.07, 6.45) is 0. The van der Waals surface area contributed by atoms with Crippen LogP contribution in [0.4, 0.5) is 5.69 Å². The highest BCUT2D eigenvalue weighted by atomic mass is 16.4. The van der Waals surface area contributed by atoms with Crippen LogP contribution in [0.15, 0.2) is 33.8 Å². The number of nitrogens with two attached hydrogens (primary N) is 1. The van der Waals surface area contributed by atoms with Crippen molar-refractivity contribution in [1.29, 1.82) is 0 Å². The van der Waals surface area contributed by atoms with Crippen LogP contribution in [-0.4, -0.2) is 29.0 Å². The van der Waals surface area contributed by atoms with Crippen molar-refractivity contribution in [3.63, 3.8) is 0 Å². The fraction of sp³-hybridized carbons (Fsp3) is 0.214. The molecule has 0 bridgehead atoms. The summed E-state index contributed by atoms with van der Waals surface area (Å²) >= 11 is 0. The molecule has 7 heteroatoms. The topological polar surface area (TPSA) is 105 Å². The Hall–Kier alpha value is -2.83. The van der Waals surface area contributed by atoms with Gasteiger partial charge < -0.3 is 20.3 Å². The third-order valence-electron chi connectivity index (χ3n) is 3.05. The van der Waals surface area contributed by atoms with Crippen LogP contribution in [0.1, 0.15) is 27.7 Å². The van der Waals surface area contributed by atoms with E-state index in [1.54, 1.807) is 45.2 Å². The summed E-state index contributed by atoms with van der Waals surface area (Å²) in [7, 11) is 1.59. The van der Waals surface area contributed by atoms with Crippen molar-refractivity contribution >= 4 is 17.4 Å². The molecule has 0 saturated heterocycles. The highest BCUT2D eigenvalue weighted by Gasteiger charge is 2.23. The number of amides is 1. The number of hydrogen-bond acceptors (Lipinski definition) is 5. The van der Waals surface area contributed by atoms with E-state index in [2.05, 4.69) is 10.1 Å². The van der Waals surface area contributed by atoms with Gasteiger partial charge in [-0.2, -0.15) is 0 Å². The average molecular weight is 288 g/mol. The van der Waals surface area contributed by atoms with Crippen LogP contribution >= 0.6 is 0 Å². The van der Waals surface area contributed by atoms with E-state index >= 15 is 0 Å². The van der Waals surface area contributed by atoms with Crippen LogP contribution in [0.25, 0.3) is 0 Å². The molecule has 1 aromatic heterocycles. The van der Waals surface area contributed by atoms with Gasteiger partial charge in [0.15, 0.2) is 11.7 Å². The molecule has 21 heavy (non-hydrogen) atoms. The largest absolute Gasteiger partial charge is 0.436 e. The molecule has 7 nitrogen and oxygen atoms in total. The van der Waals surface area contributed by atoms with E-state index in [0.29, 0.717) is 22.8 Å². The number of para-hydroxylation sites is 1. The minimum atomic E-state index is -0.355. The summed E-state index contributed by atoms with van der Waals surface area (Å²) in [6, 6.07) is 6.85. The minimum Gasteiger partial charge on any atom is -0.436 e. The lowest BCUT2D eigenvalue weighted by Crippen LogP contribution is -2.29. The van der Waals surface area contributed by atoms with Gasteiger partial charge in [0.2, 0.25) is 5.76 Å². The van der Waals surface area contributed by atoms with Gasteiger partial charge in [-0.1, -0.05) is 17.3 Å². The molecule has 1 heterocycles. The number of rotatable bonds is 3. The number of aromatic nitrogens is 1. The maximum atomic E-state index is 12.5. The van der Waals surface area contributed by atoms with Gasteiger partial charge in [-0.15, -0.1) is 0 Å². The Morgan fingerprint density at radius 2 is 2.05 bits per heavy atom. The standard InChI is InChI=1S/C14H16N4O3/c1-8-12(21-9(2)16-8)14(19)18(3)11-7-5-4-6-10(11)13(15)17-20/h4-7,20H,1-3H3,(H2,15,17). The predicted octanol–water partition coefficient (Wildman–Crippen LogP) is 1.66. The number of carbonyl (C=O) groups excluding carboxylic acids is 1.